The number of halogens is 2. The van der Waals surface area contributed by atoms with E-state index < -0.39 is 7.60 Å². The van der Waals surface area contributed by atoms with Crippen LogP contribution in [0.15, 0.2) is 30.3 Å². The first kappa shape index (κ1) is 17.0. The van der Waals surface area contributed by atoms with Crippen LogP contribution in [-0.4, -0.2) is 24.0 Å². The second-order valence-electron chi connectivity index (χ2n) is 4.40. The Kier molecular flexibility index (Phi) is 7.41. The largest absolute Gasteiger partial charge is 0.335 e. The summed E-state index contributed by atoms with van der Waals surface area (Å²) in [5.74, 6) is 0.523. The third-order valence-corrected chi connectivity index (χ3v) is 5.32. The van der Waals surface area contributed by atoms with E-state index in [1.807, 2.05) is 30.3 Å². The third kappa shape index (κ3) is 6.29. The lowest BCUT2D eigenvalue weighted by molar-refractivity contribution is 0.144. The first-order valence-corrected chi connectivity index (χ1v) is 8.90. The van der Waals surface area contributed by atoms with Crippen LogP contribution in [0, 0.1) is 0 Å². The van der Waals surface area contributed by atoms with Crippen LogP contribution in [0.25, 0.3) is 0 Å². The average Bonchev–Trinajstić information content (AvgIpc) is 2.39. The monoisotopic (exact) mass is 324 g/mol. The van der Waals surface area contributed by atoms with Gasteiger partial charge in [0.1, 0.15) is 0 Å². The van der Waals surface area contributed by atoms with E-state index in [0.29, 0.717) is 0 Å². The Labute approximate surface area is 124 Å². The van der Waals surface area contributed by atoms with Crippen LogP contribution < -0.4 is 0 Å². The molecule has 1 unspecified atom stereocenters. The molecule has 0 spiro atoms. The molecule has 19 heavy (non-hydrogen) atoms. The molecular weight excluding hydrogens is 306 g/mol. The van der Waals surface area contributed by atoms with Crippen molar-refractivity contribution in [3.63, 3.8) is 0 Å². The highest BCUT2D eigenvalue weighted by molar-refractivity contribution is 7.53. The van der Waals surface area contributed by atoms with E-state index in [1.165, 1.54) is 0 Å². The van der Waals surface area contributed by atoms with Gasteiger partial charge in [-0.3, -0.25) is 4.57 Å². The Hall–Kier alpha value is -0.0500. The Balaban J connectivity index is 2.82. The Morgan fingerprint density at radius 3 is 1.95 bits per heavy atom. The van der Waals surface area contributed by atoms with E-state index in [0.717, 1.165) is 5.56 Å². The Morgan fingerprint density at radius 2 is 1.53 bits per heavy atom. The lowest BCUT2D eigenvalue weighted by atomic mass is 10.2. The maximum atomic E-state index is 12.8. The van der Waals surface area contributed by atoms with E-state index in [9.17, 15) is 4.57 Å². The first-order valence-electron chi connectivity index (χ1n) is 6.11. The van der Waals surface area contributed by atoms with Gasteiger partial charge < -0.3 is 9.05 Å². The lowest BCUT2D eigenvalue weighted by Gasteiger charge is -2.24. The fourth-order valence-electron chi connectivity index (χ4n) is 1.51. The molecule has 0 aromatic heterocycles. The van der Waals surface area contributed by atoms with Crippen LogP contribution in [0.1, 0.15) is 19.4 Å². The lowest BCUT2D eigenvalue weighted by Crippen LogP contribution is -2.15. The predicted octanol–water partition coefficient (Wildman–Crippen LogP) is 4.67. The SMILES string of the molecule is C[C@H](CCl)OP(=O)(Cc1ccccc1)O[C@@H](C)CCl. The van der Waals surface area contributed by atoms with E-state index >= 15 is 0 Å². The van der Waals surface area contributed by atoms with Gasteiger partial charge in [0.2, 0.25) is 0 Å². The third-order valence-electron chi connectivity index (χ3n) is 2.33. The van der Waals surface area contributed by atoms with Gasteiger partial charge in [0.15, 0.2) is 0 Å². The fourth-order valence-corrected chi connectivity index (χ4v) is 3.92. The van der Waals surface area contributed by atoms with E-state index in [-0.39, 0.29) is 30.1 Å². The smallest absolute Gasteiger partial charge is 0.304 e. The highest BCUT2D eigenvalue weighted by atomic mass is 35.5. The highest BCUT2D eigenvalue weighted by Crippen LogP contribution is 2.53. The molecule has 0 radical (unpaired) electrons. The van der Waals surface area contributed by atoms with Crippen LogP contribution in [0.3, 0.4) is 0 Å². The molecule has 0 bridgehead atoms. The Morgan fingerprint density at radius 1 is 1.05 bits per heavy atom. The molecule has 108 valence electrons. The van der Waals surface area contributed by atoms with Crippen molar-refractivity contribution in [1.82, 2.24) is 0 Å². The van der Waals surface area contributed by atoms with Crippen molar-refractivity contribution in [2.75, 3.05) is 11.8 Å². The molecular formula is C13H19Cl2O3P. The molecule has 0 N–H and O–H groups in total. The van der Waals surface area contributed by atoms with Crippen LogP contribution in [0.2, 0.25) is 0 Å². The summed E-state index contributed by atoms with van der Waals surface area (Å²) in [4.78, 5) is 0. The fraction of sp³-hybridized carbons (Fsp3) is 0.538. The summed E-state index contributed by atoms with van der Waals surface area (Å²) < 4.78 is 23.8. The minimum absolute atomic E-state index is 0.219. The van der Waals surface area contributed by atoms with Gasteiger partial charge in [0.25, 0.3) is 0 Å². The van der Waals surface area contributed by atoms with Gasteiger partial charge in [-0.2, -0.15) is 0 Å². The summed E-state index contributed by atoms with van der Waals surface area (Å²) >= 11 is 11.4. The Bertz CT molecular complexity index is 398. The minimum atomic E-state index is -3.26. The summed E-state index contributed by atoms with van der Waals surface area (Å²) in [5, 5.41) is 0. The molecule has 3 atom stereocenters. The van der Waals surface area contributed by atoms with Crippen molar-refractivity contribution < 1.29 is 13.6 Å². The summed E-state index contributed by atoms with van der Waals surface area (Å²) in [6, 6.07) is 9.44. The summed E-state index contributed by atoms with van der Waals surface area (Å²) in [5.41, 5.74) is 0.898. The number of hydrogen-bond acceptors (Lipinski definition) is 3. The molecule has 0 aliphatic rings. The summed E-state index contributed by atoms with van der Waals surface area (Å²) in [7, 11) is -3.26. The zero-order valence-corrected chi connectivity index (χ0v) is 13.5. The van der Waals surface area contributed by atoms with Crippen LogP contribution in [-0.2, 0) is 19.8 Å². The van der Waals surface area contributed by atoms with Gasteiger partial charge in [0, 0.05) is 11.8 Å². The summed E-state index contributed by atoms with van der Waals surface area (Å²) in [6.07, 6.45) is -0.450. The zero-order valence-electron chi connectivity index (χ0n) is 11.1. The molecule has 0 aliphatic carbocycles. The number of rotatable bonds is 8. The van der Waals surface area contributed by atoms with Crippen molar-refractivity contribution in [2.45, 2.75) is 32.2 Å². The van der Waals surface area contributed by atoms with Crippen LogP contribution in [0.5, 0.6) is 0 Å². The van der Waals surface area contributed by atoms with E-state index in [4.69, 9.17) is 32.2 Å². The standard InChI is InChI=1S/C13H19Cl2O3P/c1-11(8-14)17-19(16,18-12(2)9-15)10-13-6-4-3-5-7-13/h3-7,11-12H,8-10H2,1-2H3/t11-,12+,19?. The van der Waals surface area contributed by atoms with Crippen molar-refractivity contribution in [1.29, 1.82) is 0 Å². The molecule has 0 amide bonds. The molecule has 1 aromatic rings. The molecule has 0 saturated heterocycles. The van der Waals surface area contributed by atoms with Gasteiger partial charge in [0.05, 0.1) is 18.4 Å². The maximum absolute atomic E-state index is 12.8. The van der Waals surface area contributed by atoms with Gasteiger partial charge in [-0.25, -0.2) is 0 Å². The molecule has 6 heteroatoms. The van der Waals surface area contributed by atoms with Gasteiger partial charge in [-0.1, -0.05) is 30.3 Å². The van der Waals surface area contributed by atoms with Gasteiger partial charge >= 0.3 is 7.60 Å². The predicted molar refractivity (Wildman–Crippen MR) is 80.3 cm³/mol. The number of alkyl halides is 2. The molecule has 0 heterocycles. The van der Waals surface area contributed by atoms with Crippen molar-refractivity contribution in [3.8, 4) is 0 Å². The van der Waals surface area contributed by atoms with Crippen LogP contribution in [0.4, 0.5) is 0 Å². The minimum Gasteiger partial charge on any atom is -0.304 e. The highest BCUT2D eigenvalue weighted by Gasteiger charge is 2.29. The molecule has 0 saturated carbocycles. The topological polar surface area (TPSA) is 35.5 Å². The molecule has 0 aliphatic heterocycles. The van der Waals surface area contributed by atoms with E-state index in [1.54, 1.807) is 13.8 Å². The average molecular weight is 325 g/mol. The van der Waals surface area contributed by atoms with Gasteiger partial charge in [-0.15, -0.1) is 23.2 Å². The van der Waals surface area contributed by atoms with E-state index in [2.05, 4.69) is 0 Å². The van der Waals surface area contributed by atoms with Gasteiger partial charge in [-0.05, 0) is 19.4 Å². The second kappa shape index (κ2) is 8.28. The molecule has 1 rings (SSSR count). The molecule has 3 nitrogen and oxygen atoms in total. The number of benzene rings is 1. The van der Waals surface area contributed by atoms with Crippen molar-refractivity contribution in [2.24, 2.45) is 0 Å². The maximum Gasteiger partial charge on any atom is 0.335 e. The second-order valence-corrected chi connectivity index (χ2v) is 6.97. The molecule has 1 aromatic carbocycles. The van der Waals surface area contributed by atoms with Crippen LogP contribution >= 0.6 is 30.8 Å². The molecule has 0 fully saturated rings. The van der Waals surface area contributed by atoms with Crippen molar-refractivity contribution in [3.05, 3.63) is 35.9 Å². The number of hydrogen-bond donors (Lipinski definition) is 0. The van der Waals surface area contributed by atoms with Crippen molar-refractivity contribution >= 4 is 30.8 Å². The quantitative estimate of drug-likeness (QED) is 0.515. The first-order chi connectivity index (χ1) is 8.99. The normalized spacial score (nSPS) is 17.7. The zero-order chi connectivity index (χ0) is 14.3. The summed E-state index contributed by atoms with van der Waals surface area (Å²) in [6.45, 7) is 3.53.